The van der Waals surface area contributed by atoms with E-state index in [9.17, 15) is 9.59 Å². The van der Waals surface area contributed by atoms with E-state index in [1.165, 1.54) is 25.0 Å². The first-order valence-corrected chi connectivity index (χ1v) is 7.29. The highest BCUT2D eigenvalue weighted by Gasteiger charge is 2.20. The SMILES string of the molecule is O=C(O)c1ccc(NC(=O)C2CCCCCC2)cc1Cl. The highest BCUT2D eigenvalue weighted by atomic mass is 35.5. The fraction of sp³-hybridized carbons (Fsp3) is 0.467. The maximum atomic E-state index is 12.2. The molecular formula is C15H18ClNO3. The average Bonchev–Trinajstić information content (AvgIpc) is 2.67. The number of hydrogen-bond donors (Lipinski definition) is 2. The molecule has 4 nitrogen and oxygen atoms in total. The first kappa shape index (κ1) is 14.9. The van der Waals surface area contributed by atoms with Crippen LogP contribution in [-0.4, -0.2) is 17.0 Å². The van der Waals surface area contributed by atoms with E-state index in [0.717, 1.165) is 25.7 Å². The van der Waals surface area contributed by atoms with E-state index in [4.69, 9.17) is 16.7 Å². The molecule has 0 spiro atoms. The number of aromatic carboxylic acids is 1. The molecule has 2 N–H and O–H groups in total. The van der Waals surface area contributed by atoms with E-state index < -0.39 is 5.97 Å². The lowest BCUT2D eigenvalue weighted by Crippen LogP contribution is -2.22. The number of rotatable bonds is 3. The molecular weight excluding hydrogens is 278 g/mol. The summed E-state index contributed by atoms with van der Waals surface area (Å²) in [7, 11) is 0. The van der Waals surface area contributed by atoms with Crippen LogP contribution in [0.4, 0.5) is 5.69 Å². The number of hydrogen-bond acceptors (Lipinski definition) is 2. The van der Waals surface area contributed by atoms with Crippen LogP contribution in [0.5, 0.6) is 0 Å². The van der Waals surface area contributed by atoms with Crippen molar-refractivity contribution in [1.82, 2.24) is 0 Å². The van der Waals surface area contributed by atoms with E-state index in [2.05, 4.69) is 5.32 Å². The van der Waals surface area contributed by atoms with Gasteiger partial charge in [0, 0.05) is 11.6 Å². The second-order valence-electron chi connectivity index (χ2n) is 5.18. The van der Waals surface area contributed by atoms with Gasteiger partial charge >= 0.3 is 5.97 Å². The van der Waals surface area contributed by atoms with Crippen molar-refractivity contribution in [3.63, 3.8) is 0 Å². The van der Waals surface area contributed by atoms with Crippen LogP contribution in [0.25, 0.3) is 0 Å². The van der Waals surface area contributed by atoms with Crippen molar-refractivity contribution in [3.05, 3.63) is 28.8 Å². The lowest BCUT2D eigenvalue weighted by Gasteiger charge is -2.14. The molecule has 0 unspecified atom stereocenters. The molecule has 0 bridgehead atoms. The molecule has 1 aromatic carbocycles. The number of carbonyl (C=O) groups excluding carboxylic acids is 1. The predicted molar refractivity (Wildman–Crippen MR) is 78.2 cm³/mol. The number of carboxylic acid groups (broad SMARTS) is 1. The predicted octanol–water partition coefficient (Wildman–Crippen LogP) is 3.95. The van der Waals surface area contributed by atoms with Crippen LogP contribution in [0.15, 0.2) is 18.2 Å². The van der Waals surface area contributed by atoms with E-state index in [1.54, 1.807) is 6.07 Å². The molecule has 0 aromatic heterocycles. The molecule has 20 heavy (non-hydrogen) atoms. The molecule has 0 radical (unpaired) electrons. The molecule has 0 aliphatic heterocycles. The third-order valence-corrected chi connectivity index (χ3v) is 4.01. The molecule has 1 aromatic rings. The van der Waals surface area contributed by atoms with Gasteiger partial charge in [0.2, 0.25) is 5.91 Å². The van der Waals surface area contributed by atoms with E-state index in [1.807, 2.05) is 0 Å². The van der Waals surface area contributed by atoms with Crippen molar-refractivity contribution in [1.29, 1.82) is 0 Å². The fourth-order valence-corrected chi connectivity index (χ4v) is 2.81. The maximum Gasteiger partial charge on any atom is 0.337 e. The van der Waals surface area contributed by atoms with E-state index in [-0.39, 0.29) is 22.4 Å². The van der Waals surface area contributed by atoms with Gasteiger partial charge in [0.15, 0.2) is 0 Å². The van der Waals surface area contributed by atoms with Gasteiger partial charge in [-0.1, -0.05) is 37.3 Å². The molecule has 1 fully saturated rings. The monoisotopic (exact) mass is 295 g/mol. The van der Waals surface area contributed by atoms with Crippen LogP contribution in [0.3, 0.4) is 0 Å². The summed E-state index contributed by atoms with van der Waals surface area (Å²) in [4.78, 5) is 23.0. The van der Waals surface area contributed by atoms with Crippen molar-refractivity contribution in [2.24, 2.45) is 5.92 Å². The molecule has 0 saturated heterocycles. The Hall–Kier alpha value is -1.55. The van der Waals surface area contributed by atoms with Gasteiger partial charge in [0.05, 0.1) is 10.6 Å². The van der Waals surface area contributed by atoms with Crippen molar-refractivity contribution >= 4 is 29.2 Å². The minimum atomic E-state index is -1.07. The number of benzene rings is 1. The van der Waals surface area contributed by atoms with Gasteiger partial charge in [0.1, 0.15) is 0 Å². The highest BCUT2D eigenvalue weighted by molar-refractivity contribution is 6.33. The Balaban J connectivity index is 2.03. The van der Waals surface area contributed by atoms with Crippen molar-refractivity contribution in [2.45, 2.75) is 38.5 Å². The summed E-state index contributed by atoms with van der Waals surface area (Å²) in [5.41, 5.74) is 0.591. The topological polar surface area (TPSA) is 66.4 Å². The zero-order valence-corrected chi connectivity index (χ0v) is 11.9. The average molecular weight is 296 g/mol. The van der Waals surface area contributed by atoms with Gasteiger partial charge in [0.25, 0.3) is 0 Å². The Morgan fingerprint density at radius 3 is 2.35 bits per heavy atom. The minimum absolute atomic E-state index is 0.00559. The van der Waals surface area contributed by atoms with Gasteiger partial charge in [-0.3, -0.25) is 4.79 Å². The summed E-state index contributed by atoms with van der Waals surface area (Å²) in [6.45, 7) is 0. The van der Waals surface area contributed by atoms with E-state index >= 15 is 0 Å². The Kier molecular flexibility index (Phi) is 5.01. The maximum absolute atomic E-state index is 12.2. The summed E-state index contributed by atoms with van der Waals surface area (Å²) in [5, 5.41) is 11.9. The Labute approximate surface area is 123 Å². The molecule has 108 valence electrons. The largest absolute Gasteiger partial charge is 0.478 e. The first-order chi connectivity index (χ1) is 9.58. The standard InChI is InChI=1S/C15H18ClNO3/c16-13-9-11(7-8-12(13)15(19)20)17-14(18)10-5-3-1-2-4-6-10/h7-10H,1-6H2,(H,17,18)(H,19,20). The second kappa shape index (κ2) is 6.75. The lowest BCUT2D eigenvalue weighted by atomic mass is 9.99. The molecule has 1 aliphatic rings. The molecule has 1 saturated carbocycles. The smallest absolute Gasteiger partial charge is 0.337 e. The number of carboxylic acids is 1. The Morgan fingerprint density at radius 2 is 1.80 bits per heavy atom. The summed E-state index contributed by atoms with van der Waals surface area (Å²) in [6.07, 6.45) is 6.43. The van der Waals surface area contributed by atoms with Crippen LogP contribution in [0, 0.1) is 5.92 Å². The fourth-order valence-electron chi connectivity index (χ4n) is 2.55. The third-order valence-electron chi connectivity index (χ3n) is 3.69. The molecule has 5 heteroatoms. The molecule has 0 atom stereocenters. The van der Waals surface area contributed by atoms with Gasteiger partial charge in [-0.05, 0) is 31.0 Å². The summed E-state index contributed by atoms with van der Waals surface area (Å²) >= 11 is 5.89. The van der Waals surface area contributed by atoms with Crippen molar-refractivity contribution in [2.75, 3.05) is 5.32 Å². The number of amides is 1. The van der Waals surface area contributed by atoms with Gasteiger partial charge in [-0.15, -0.1) is 0 Å². The minimum Gasteiger partial charge on any atom is -0.478 e. The number of nitrogens with one attached hydrogen (secondary N) is 1. The van der Waals surface area contributed by atoms with Crippen LogP contribution in [-0.2, 0) is 4.79 Å². The Morgan fingerprint density at radius 1 is 1.15 bits per heavy atom. The lowest BCUT2D eigenvalue weighted by molar-refractivity contribution is -0.120. The molecule has 2 rings (SSSR count). The molecule has 0 heterocycles. The van der Waals surface area contributed by atoms with Crippen molar-refractivity contribution in [3.8, 4) is 0 Å². The quantitative estimate of drug-likeness (QED) is 0.830. The summed E-state index contributed by atoms with van der Waals surface area (Å²) < 4.78 is 0. The van der Waals surface area contributed by atoms with Gasteiger partial charge in [-0.2, -0.15) is 0 Å². The Bertz CT molecular complexity index is 508. The highest BCUT2D eigenvalue weighted by Crippen LogP contribution is 2.25. The van der Waals surface area contributed by atoms with Crippen LogP contribution < -0.4 is 5.32 Å². The summed E-state index contributed by atoms with van der Waals surface area (Å²) in [5.74, 6) is -1.02. The number of halogens is 1. The van der Waals surface area contributed by atoms with Gasteiger partial charge in [-0.25, -0.2) is 4.79 Å². The second-order valence-corrected chi connectivity index (χ2v) is 5.58. The molecule has 1 aliphatic carbocycles. The van der Waals surface area contributed by atoms with Crippen LogP contribution >= 0.6 is 11.6 Å². The van der Waals surface area contributed by atoms with Crippen LogP contribution in [0.2, 0.25) is 5.02 Å². The zero-order chi connectivity index (χ0) is 14.5. The number of carbonyl (C=O) groups is 2. The third kappa shape index (κ3) is 3.73. The summed E-state index contributed by atoms with van der Waals surface area (Å²) in [6, 6.07) is 4.47. The normalized spacial score (nSPS) is 16.4. The van der Waals surface area contributed by atoms with E-state index in [0.29, 0.717) is 5.69 Å². The van der Waals surface area contributed by atoms with Gasteiger partial charge < -0.3 is 10.4 Å². The first-order valence-electron chi connectivity index (χ1n) is 6.91. The number of anilines is 1. The van der Waals surface area contributed by atoms with Crippen molar-refractivity contribution < 1.29 is 14.7 Å². The molecule has 1 amide bonds. The van der Waals surface area contributed by atoms with Crippen LogP contribution in [0.1, 0.15) is 48.9 Å². The zero-order valence-electron chi connectivity index (χ0n) is 11.2.